The first-order valence-corrected chi connectivity index (χ1v) is 6.14. The molecule has 1 atom stereocenters. The predicted octanol–water partition coefficient (Wildman–Crippen LogP) is 0.206. The van der Waals surface area contributed by atoms with Gasteiger partial charge in [0.25, 0.3) is 5.91 Å². The zero-order chi connectivity index (χ0) is 15.7. The van der Waals surface area contributed by atoms with Crippen molar-refractivity contribution in [2.75, 3.05) is 0 Å². The number of hydrogen-bond donors (Lipinski definition) is 3. The van der Waals surface area contributed by atoms with Gasteiger partial charge in [-0.1, -0.05) is 0 Å². The molecule has 1 heterocycles. The van der Waals surface area contributed by atoms with E-state index in [0.717, 1.165) is 17.0 Å². The summed E-state index contributed by atoms with van der Waals surface area (Å²) in [6.45, 7) is -0.118. The summed E-state index contributed by atoms with van der Waals surface area (Å²) in [5.41, 5.74) is 5.36. The third kappa shape index (κ3) is 2.78. The lowest BCUT2D eigenvalue weighted by molar-refractivity contribution is -0.137. The van der Waals surface area contributed by atoms with Gasteiger partial charge in [0.15, 0.2) is 0 Å². The molecular weight excluding hydrogens is 283 g/mol. The number of phenols is 1. The number of carboxylic acid groups (broad SMARTS) is 1. The summed E-state index contributed by atoms with van der Waals surface area (Å²) in [4.78, 5) is 35.3. The maximum absolute atomic E-state index is 13.2. The number of hydrogen-bond acceptors (Lipinski definition) is 4. The average Bonchev–Trinajstić information content (AvgIpc) is 2.68. The summed E-state index contributed by atoms with van der Waals surface area (Å²) in [5, 5.41) is 18.3. The molecule has 0 radical (unpaired) electrons. The van der Waals surface area contributed by atoms with Gasteiger partial charge in [0, 0.05) is 18.1 Å². The molecule has 1 aromatic carbocycles. The van der Waals surface area contributed by atoms with E-state index in [4.69, 9.17) is 10.8 Å². The molecule has 0 aromatic heterocycles. The second kappa shape index (κ2) is 5.39. The van der Waals surface area contributed by atoms with Gasteiger partial charge in [-0.15, -0.1) is 0 Å². The van der Waals surface area contributed by atoms with Gasteiger partial charge in [0.05, 0.1) is 12.1 Å². The van der Waals surface area contributed by atoms with Crippen molar-refractivity contribution < 1.29 is 29.0 Å². The van der Waals surface area contributed by atoms with Gasteiger partial charge in [-0.3, -0.25) is 14.4 Å². The number of benzene rings is 1. The van der Waals surface area contributed by atoms with Crippen LogP contribution in [0.1, 0.15) is 28.8 Å². The molecule has 0 bridgehead atoms. The summed E-state index contributed by atoms with van der Waals surface area (Å²) in [6.07, 6.45) is -0.484. The Balaban J connectivity index is 2.30. The molecule has 0 saturated heterocycles. The highest BCUT2D eigenvalue weighted by Crippen LogP contribution is 2.33. The minimum Gasteiger partial charge on any atom is -0.507 e. The SMILES string of the molecule is NC(=O)[C@H](CCC(=O)O)N1Cc2c(O)cc(F)cc2C1=O. The van der Waals surface area contributed by atoms with Gasteiger partial charge in [-0.05, 0) is 12.5 Å². The second-order valence-electron chi connectivity index (χ2n) is 4.73. The number of carbonyl (C=O) groups is 3. The standard InChI is InChI=1S/C13H13FN2O5/c14-6-3-7-8(10(17)4-6)5-16(13(7)21)9(12(15)20)1-2-11(18)19/h3-4,9,17H,1-2,5H2,(H2,15,20)(H,18,19)/t9-/m0/s1. The molecule has 1 aliphatic heterocycles. The number of nitrogens with two attached hydrogens (primary N) is 1. The van der Waals surface area contributed by atoms with Crippen molar-refractivity contribution >= 4 is 17.8 Å². The maximum Gasteiger partial charge on any atom is 0.303 e. The van der Waals surface area contributed by atoms with E-state index >= 15 is 0 Å². The first-order valence-electron chi connectivity index (χ1n) is 6.14. The van der Waals surface area contributed by atoms with Crippen LogP contribution in [-0.2, 0) is 16.1 Å². The molecule has 4 N–H and O–H groups in total. The van der Waals surface area contributed by atoms with E-state index in [-0.39, 0.29) is 36.3 Å². The third-order valence-corrected chi connectivity index (χ3v) is 3.35. The highest BCUT2D eigenvalue weighted by atomic mass is 19.1. The Morgan fingerprint density at radius 3 is 2.67 bits per heavy atom. The van der Waals surface area contributed by atoms with Crippen molar-refractivity contribution in [3.8, 4) is 5.75 Å². The summed E-state index contributed by atoms with van der Waals surface area (Å²) in [6, 6.07) is 0.710. The van der Waals surface area contributed by atoms with Gasteiger partial charge < -0.3 is 20.8 Å². The Bertz CT molecular complexity index is 631. The molecule has 1 aromatic rings. The molecule has 8 heteroatoms. The molecule has 112 valence electrons. The van der Waals surface area contributed by atoms with Crippen molar-refractivity contribution in [3.05, 3.63) is 29.1 Å². The molecule has 0 fully saturated rings. The molecule has 7 nitrogen and oxygen atoms in total. The van der Waals surface area contributed by atoms with Crippen molar-refractivity contribution in [1.29, 1.82) is 0 Å². The van der Waals surface area contributed by atoms with E-state index in [2.05, 4.69) is 0 Å². The number of aromatic hydroxyl groups is 1. The summed E-state index contributed by atoms with van der Waals surface area (Å²) < 4.78 is 13.2. The van der Waals surface area contributed by atoms with Gasteiger partial charge in [-0.25, -0.2) is 4.39 Å². The first-order chi connectivity index (χ1) is 9.81. The Labute approximate surface area is 118 Å². The van der Waals surface area contributed by atoms with Crippen LogP contribution in [0.3, 0.4) is 0 Å². The molecule has 0 aliphatic carbocycles. The lowest BCUT2D eigenvalue weighted by atomic mass is 10.1. The molecule has 0 saturated carbocycles. The van der Waals surface area contributed by atoms with E-state index in [1.807, 2.05) is 0 Å². The number of halogens is 1. The fraction of sp³-hybridized carbons (Fsp3) is 0.308. The zero-order valence-corrected chi connectivity index (χ0v) is 10.9. The van der Waals surface area contributed by atoms with E-state index in [0.29, 0.717) is 0 Å². The molecule has 2 amide bonds. The molecule has 21 heavy (non-hydrogen) atoms. The highest BCUT2D eigenvalue weighted by Gasteiger charge is 2.37. The molecular formula is C13H13FN2O5. The zero-order valence-electron chi connectivity index (χ0n) is 10.9. The number of aliphatic carboxylic acids is 1. The van der Waals surface area contributed by atoms with Gasteiger partial charge in [-0.2, -0.15) is 0 Å². The number of rotatable bonds is 5. The van der Waals surface area contributed by atoms with Crippen LogP contribution >= 0.6 is 0 Å². The second-order valence-corrected chi connectivity index (χ2v) is 4.73. The topological polar surface area (TPSA) is 121 Å². The van der Waals surface area contributed by atoms with Crippen LogP contribution in [-0.4, -0.2) is 38.9 Å². The van der Waals surface area contributed by atoms with Crippen LogP contribution in [0.15, 0.2) is 12.1 Å². The van der Waals surface area contributed by atoms with E-state index in [1.165, 1.54) is 0 Å². The first kappa shape index (κ1) is 14.8. The lowest BCUT2D eigenvalue weighted by Crippen LogP contribution is -2.45. The Morgan fingerprint density at radius 1 is 1.43 bits per heavy atom. The number of primary amides is 1. The number of carboxylic acids is 1. The Hall–Kier alpha value is -2.64. The van der Waals surface area contributed by atoms with Gasteiger partial charge in [0.2, 0.25) is 5.91 Å². The number of amides is 2. The van der Waals surface area contributed by atoms with Gasteiger partial charge >= 0.3 is 5.97 Å². The molecule has 0 spiro atoms. The predicted molar refractivity (Wildman–Crippen MR) is 67.8 cm³/mol. The Morgan fingerprint density at radius 2 is 2.10 bits per heavy atom. The molecule has 0 unspecified atom stereocenters. The fourth-order valence-electron chi connectivity index (χ4n) is 2.34. The quantitative estimate of drug-likeness (QED) is 0.717. The monoisotopic (exact) mass is 296 g/mol. The van der Waals surface area contributed by atoms with Crippen molar-refractivity contribution in [1.82, 2.24) is 4.90 Å². The summed E-state index contributed by atoms with van der Waals surface area (Å²) in [5.74, 6) is -3.80. The van der Waals surface area contributed by atoms with E-state index in [1.54, 1.807) is 0 Å². The van der Waals surface area contributed by atoms with E-state index in [9.17, 15) is 23.9 Å². The minimum absolute atomic E-state index is 0.0472. The van der Waals surface area contributed by atoms with E-state index < -0.39 is 29.6 Å². The largest absolute Gasteiger partial charge is 0.507 e. The Kier molecular flexibility index (Phi) is 3.79. The normalized spacial score (nSPS) is 14.9. The van der Waals surface area contributed by atoms with Crippen molar-refractivity contribution in [2.24, 2.45) is 5.73 Å². The highest BCUT2D eigenvalue weighted by molar-refractivity contribution is 6.01. The summed E-state index contributed by atoms with van der Waals surface area (Å²) >= 11 is 0. The van der Waals surface area contributed by atoms with Crippen LogP contribution < -0.4 is 5.73 Å². The number of fused-ring (bicyclic) bond motifs is 1. The van der Waals surface area contributed by atoms with Crippen LogP contribution in [0, 0.1) is 5.82 Å². The van der Waals surface area contributed by atoms with Crippen LogP contribution in [0.4, 0.5) is 4.39 Å². The van der Waals surface area contributed by atoms with Crippen LogP contribution in [0.5, 0.6) is 5.75 Å². The molecule has 1 aliphatic rings. The van der Waals surface area contributed by atoms with Crippen LogP contribution in [0.2, 0.25) is 0 Å². The maximum atomic E-state index is 13.2. The smallest absolute Gasteiger partial charge is 0.303 e. The number of phenolic OH excluding ortho intramolecular Hbond substituents is 1. The van der Waals surface area contributed by atoms with Crippen molar-refractivity contribution in [3.63, 3.8) is 0 Å². The lowest BCUT2D eigenvalue weighted by Gasteiger charge is -2.24. The third-order valence-electron chi connectivity index (χ3n) is 3.35. The van der Waals surface area contributed by atoms with Gasteiger partial charge in [0.1, 0.15) is 17.6 Å². The van der Waals surface area contributed by atoms with Crippen LogP contribution in [0.25, 0.3) is 0 Å². The average molecular weight is 296 g/mol. The molecule has 2 rings (SSSR count). The number of carbonyl (C=O) groups excluding carboxylic acids is 2. The summed E-state index contributed by atoms with van der Waals surface area (Å²) in [7, 11) is 0. The van der Waals surface area contributed by atoms with Crippen molar-refractivity contribution in [2.45, 2.75) is 25.4 Å². The minimum atomic E-state index is -1.13. The number of nitrogens with zero attached hydrogens (tertiary/aromatic N) is 1. The fourth-order valence-corrected chi connectivity index (χ4v) is 2.34.